The summed E-state index contributed by atoms with van der Waals surface area (Å²) in [5, 5.41) is 0. The highest BCUT2D eigenvalue weighted by atomic mass is 127. The van der Waals surface area contributed by atoms with E-state index >= 15 is 0 Å². The first-order valence-corrected chi connectivity index (χ1v) is 3.39. The van der Waals surface area contributed by atoms with E-state index in [4.69, 9.17) is 0 Å². The van der Waals surface area contributed by atoms with Crippen LogP contribution in [0.3, 0.4) is 0 Å². The number of rotatable bonds is 1. The Bertz CT molecular complexity index is 195. The van der Waals surface area contributed by atoms with Crippen LogP contribution in [0, 0.1) is 0 Å². The van der Waals surface area contributed by atoms with Crippen molar-refractivity contribution in [2.24, 2.45) is 4.99 Å². The van der Waals surface area contributed by atoms with Crippen molar-refractivity contribution in [2.45, 2.75) is 0 Å². The molecule has 0 spiro atoms. The molecule has 1 rings (SSSR count). The molecule has 1 heterocycles. The fourth-order valence-electron chi connectivity index (χ4n) is 0.548. The third-order valence-corrected chi connectivity index (χ3v) is 1.92. The second kappa shape index (κ2) is 2.18. The van der Waals surface area contributed by atoms with Gasteiger partial charge in [0, 0.05) is 0 Å². The van der Waals surface area contributed by atoms with Crippen LogP contribution in [0.5, 0.6) is 0 Å². The van der Waals surface area contributed by atoms with Gasteiger partial charge >= 0.3 is 0 Å². The van der Waals surface area contributed by atoms with Crippen LogP contribution >= 0.6 is 22.9 Å². The first kappa shape index (κ1) is 6.88. The van der Waals surface area contributed by atoms with Crippen LogP contribution in [0.4, 0.5) is 0 Å². The van der Waals surface area contributed by atoms with Crippen molar-refractivity contribution < 1.29 is 7.49 Å². The van der Waals surface area contributed by atoms with Gasteiger partial charge < -0.3 is 0 Å². The monoisotopic (exact) mass is 237 g/mol. The fraction of sp³-hybridized carbons (Fsp3) is 0.200. The lowest BCUT2D eigenvalue weighted by atomic mass is 10.5. The molecule has 0 bridgehead atoms. The molecule has 0 aliphatic carbocycles. The van der Waals surface area contributed by atoms with E-state index in [1.54, 1.807) is 12.5 Å². The number of allylic oxidation sites excluding steroid dienone is 1. The van der Waals surface area contributed by atoms with Gasteiger partial charge in [-0.3, -0.25) is 4.79 Å². The van der Waals surface area contributed by atoms with Crippen LogP contribution in [0.15, 0.2) is 16.9 Å². The minimum absolute atomic E-state index is 0.432. The Morgan fingerprint density at radius 1 is 1.89 bits per heavy atom. The van der Waals surface area contributed by atoms with Crippen molar-refractivity contribution >= 4 is 35.5 Å². The maximum Gasteiger partial charge on any atom is 0.261 e. The Hall–Kier alpha value is -0.230. The standard InChI is InChI=1S/C5H6IN2O/c1-8(6)4-7-2-5(8)3-9/h2-4H,1H3/q+1. The molecule has 3 nitrogen and oxygen atoms in total. The van der Waals surface area contributed by atoms with Gasteiger partial charge in [0.1, 0.15) is 0 Å². The molecule has 9 heavy (non-hydrogen) atoms. The highest BCUT2D eigenvalue weighted by Crippen LogP contribution is 2.21. The highest BCUT2D eigenvalue weighted by Gasteiger charge is 2.26. The minimum atomic E-state index is 0.432. The quantitative estimate of drug-likeness (QED) is 0.378. The lowest BCUT2D eigenvalue weighted by molar-refractivity contribution is -0.559. The van der Waals surface area contributed by atoms with E-state index in [9.17, 15) is 4.79 Å². The van der Waals surface area contributed by atoms with E-state index in [0.717, 1.165) is 6.29 Å². The number of carbonyl (C=O) groups excluding carboxylic acids is 1. The summed E-state index contributed by atoms with van der Waals surface area (Å²) >= 11 is 2.12. The average molecular weight is 237 g/mol. The van der Waals surface area contributed by atoms with E-state index in [1.807, 2.05) is 7.05 Å². The van der Waals surface area contributed by atoms with Gasteiger partial charge in [-0.15, -0.1) is 0 Å². The summed E-state index contributed by atoms with van der Waals surface area (Å²) in [4.78, 5) is 14.1. The summed E-state index contributed by atoms with van der Waals surface area (Å²) in [6.45, 7) is 0. The molecular weight excluding hydrogens is 231 g/mol. The van der Waals surface area contributed by atoms with Gasteiger partial charge in [-0.2, -0.15) is 2.70 Å². The van der Waals surface area contributed by atoms with Crippen LogP contribution in [0.1, 0.15) is 0 Å². The Labute approximate surface area is 67.1 Å². The molecule has 0 saturated carbocycles. The van der Waals surface area contributed by atoms with E-state index in [0.29, 0.717) is 8.39 Å². The Morgan fingerprint density at radius 2 is 2.56 bits per heavy atom. The van der Waals surface area contributed by atoms with Crippen molar-refractivity contribution in [3.05, 3.63) is 11.9 Å². The first-order chi connectivity index (χ1) is 4.17. The zero-order chi connectivity index (χ0) is 6.91. The maximum absolute atomic E-state index is 10.3. The minimum Gasteiger partial charge on any atom is -0.292 e. The summed E-state index contributed by atoms with van der Waals surface area (Å²) in [5.41, 5.74) is 0.676. The van der Waals surface area contributed by atoms with Crippen molar-refractivity contribution in [2.75, 3.05) is 7.05 Å². The third kappa shape index (κ3) is 1.19. The normalized spacial score (nSPS) is 32.4. The summed E-state index contributed by atoms with van der Waals surface area (Å²) in [6.07, 6.45) is 4.09. The second-order valence-corrected chi connectivity index (χ2v) is 3.90. The van der Waals surface area contributed by atoms with Gasteiger partial charge in [-0.05, 0) is 0 Å². The Kier molecular flexibility index (Phi) is 1.67. The molecule has 48 valence electrons. The zero-order valence-electron chi connectivity index (χ0n) is 4.91. The Balaban J connectivity index is 2.91. The molecule has 0 amide bonds. The van der Waals surface area contributed by atoms with Crippen LogP contribution in [-0.2, 0) is 4.79 Å². The molecule has 0 aromatic rings. The summed E-state index contributed by atoms with van der Waals surface area (Å²) in [6, 6.07) is 0. The van der Waals surface area contributed by atoms with Crippen LogP contribution in [-0.4, -0.2) is 22.4 Å². The van der Waals surface area contributed by atoms with Gasteiger partial charge in [-0.25, -0.2) is 4.99 Å². The van der Waals surface area contributed by atoms with Crippen LogP contribution < -0.4 is 0 Å². The molecule has 1 aliphatic rings. The summed E-state index contributed by atoms with van der Waals surface area (Å²) < 4.78 is 0.432. The first-order valence-electron chi connectivity index (χ1n) is 2.43. The second-order valence-electron chi connectivity index (χ2n) is 1.90. The predicted molar refractivity (Wildman–Crippen MR) is 42.8 cm³/mol. The van der Waals surface area contributed by atoms with Crippen molar-refractivity contribution in [1.82, 2.24) is 0 Å². The molecular formula is C5H6IN2O+. The van der Waals surface area contributed by atoms with Crippen LogP contribution in [0.25, 0.3) is 0 Å². The smallest absolute Gasteiger partial charge is 0.261 e. The Morgan fingerprint density at radius 3 is 2.78 bits per heavy atom. The number of hydrogen-bond acceptors (Lipinski definition) is 2. The lowest BCUT2D eigenvalue weighted by Gasteiger charge is -2.12. The highest BCUT2D eigenvalue weighted by molar-refractivity contribution is 14.1. The molecule has 0 radical (unpaired) electrons. The maximum atomic E-state index is 10.3. The molecule has 1 unspecified atom stereocenters. The largest absolute Gasteiger partial charge is 0.292 e. The van der Waals surface area contributed by atoms with Gasteiger partial charge in [0.25, 0.3) is 22.9 Å². The van der Waals surface area contributed by atoms with E-state index < -0.39 is 0 Å². The van der Waals surface area contributed by atoms with Crippen molar-refractivity contribution in [1.29, 1.82) is 0 Å². The number of aldehydes is 1. The molecule has 1 aliphatic heterocycles. The van der Waals surface area contributed by atoms with Gasteiger partial charge in [-0.1, -0.05) is 0 Å². The van der Waals surface area contributed by atoms with Crippen LogP contribution in [0.2, 0.25) is 0 Å². The third-order valence-electron chi connectivity index (χ3n) is 1.12. The predicted octanol–water partition coefficient (Wildman–Crippen LogP) is 0.865. The number of likely N-dealkylation sites (N-methyl/N-ethyl adjacent to an activating group) is 1. The molecule has 0 fully saturated rings. The molecule has 1 atom stereocenters. The molecule has 0 aromatic carbocycles. The zero-order valence-corrected chi connectivity index (χ0v) is 7.07. The van der Waals surface area contributed by atoms with E-state index in [2.05, 4.69) is 27.9 Å². The van der Waals surface area contributed by atoms with Gasteiger partial charge in [0.05, 0.1) is 13.2 Å². The molecule has 0 aromatic heterocycles. The molecule has 0 N–H and O–H groups in total. The number of nitrogens with zero attached hydrogens (tertiary/aromatic N) is 2. The molecule has 0 saturated heterocycles. The van der Waals surface area contributed by atoms with E-state index in [1.165, 1.54) is 0 Å². The summed E-state index contributed by atoms with van der Waals surface area (Å²) in [5.74, 6) is 0. The lowest BCUT2D eigenvalue weighted by Crippen LogP contribution is -2.27. The van der Waals surface area contributed by atoms with Gasteiger partial charge in [0.15, 0.2) is 0 Å². The molecule has 4 heteroatoms. The van der Waals surface area contributed by atoms with Crippen molar-refractivity contribution in [3.63, 3.8) is 0 Å². The summed E-state index contributed by atoms with van der Waals surface area (Å²) in [7, 11) is 1.89. The SMILES string of the molecule is C[N+]1(I)C=NC=C1C=O. The number of halogens is 1. The average Bonchev–Trinajstić information content (AvgIpc) is 2.08. The fourth-order valence-corrected chi connectivity index (χ4v) is 0.930. The number of carbonyl (C=O) groups is 1. The topological polar surface area (TPSA) is 29.4 Å². The van der Waals surface area contributed by atoms with Crippen molar-refractivity contribution in [3.8, 4) is 0 Å². The number of quaternary nitrogens is 1. The van der Waals surface area contributed by atoms with Gasteiger partial charge in [0.2, 0.25) is 18.3 Å². The number of hydrogen-bond donors (Lipinski definition) is 0. The number of aliphatic imine (C=N–C) groups is 1. The van der Waals surface area contributed by atoms with E-state index in [-0.39, 0.29) is 0 Å².